The second-order valence-electron chi connectivity index (χ2n) is 6.99. The minimum absolute atomic E-state index is 0.572. The van der Waals surface area contributed by atoms with Gasteiger partial charge in [-0.15, -0.1) is 0 Å². The third-order valence-corrected chi connectivity index (χ3v) is 4.76. The lowest BCUT2D eigenvalue weighted by atomic mass is 10.1. The van der Waals surface area contributed by atoms with Crippen LogP contribution in [0.5, 0.6) is 5.75 Å². The topological polar surface area (TPSA) is 27.7 Å². The zero-order chi connectivity index (χ0) is 17.2. The summed E-state index contributed by atoms with van der Waals surface area (Å²) in [5.41, 5.74) is 1.39. The molecule has 1 aromatic rings. The predicted octanol–water partition coefficient (Wildman–Crippen LogP) is 2.98. The van der Waals surface area contributed by atoms with Crippen LogP contribution in [0, 0.1) is 0 Å². The van der Waals surface area contributed by atoms with Gasteiger partial charge < -0.3 is 15.0 Å². The van der Waals surface area contributed by atoms with Crippen LogP contribution in [0.2, 0.25) is 0 Å². The first-order valence-electron chi connectivity index (χ1n) is 9.53. The van der Waals surface area contributed by atoms with E-state index >= 15 is 0 Å². The van der Waals surface area contributed by atoms with Crippen LogP contribution in [-0.4, -0.2) is 62.8 Å². The van der Waals surface area contributed by atoms with Crippen LogP contribution in [0.3, 0.4) is 0 Å². The molecule has 4 nitrogen and oxygen atoms in total. The lowest BCUT2D eigenvalue weighted by Crippen LogP contribution is -2.48. The number of nitrogens with one attached hydrogen (secondary N) is 1. The van der Waals surface area contributed by atoms with Crippen molar-refractivity contribution in [3.63, 3.8) is 0 Å². The lowest BCUT2D eigenvalue weighted by Gasteiger charge is -2.34. The van der Waals surface area contributed by atoms with Gasteiger partial charge in [-0.25, -0.2) is 0 Å². The minimum atomic E-state index is 0.572. The maximum Gasteiger partial charge on any atom is 0.119 e. The van der Waals surface area contributed by atoms with E-state index in [0.29, 0.717) is 6.17 Å². The normalized spacial score (nSPS) is 18.3. The Morgan fingerprint density at radius 2 is 1.92 bits per heavy atom. The molecule has 0 saturated carbocycles. The van der Waals surface area contributed by atoms with Crippen LogP contribution in [-0.2, 0) is 6.42 Å². The molecule has 1 aliphatic heterocycles. The van der Waals surface area contributed by atoms with Crippen molar-refractivity contribution in [1.82, 2.24) is 15.1 Å². The summed E-state index contributed by atoms with van der Waals surface area (Å²) in [6.45, 7) is 7.53. The zero-order valence-corrected chi connectivity index (χ0v) is 15.8. The molecule has 1 atom stereocenters. The van der Waals surface area contributed by atoms with Crippen LogP contribution >= 0.6 is 0 Å². The van der Waals surface area contributed by atoms with Crippen molar-refractivity contribution in [3.05, 3.63) is 29.8 Å². The lowest BCUT2D eigenvalue weighted by molar-refractivity contribution is 0.146. The van der Waals surface area contributed by atoms with Crippen molar-refractivity contribution in [2.24, 2.45) is 0 Å². The molecular formula is C20H35N3O. The Balaban J connectivity index is 1.72. The van der Waals surface area contributed by atoms with Crippen LogP contribution in [0.15, 0.2) is 24.3 Å². The molecule has 1 saturated heterocycles. The van der Waals surface area contributed by atoms with Crippen LogP contribution < -0.4 is 10.1 Å². The van der Waals surface area contributed by atoms with Gasteiger partial charge in [-0.3, -0.25) is 4.90 Å². The Bertz CT molecular complexity index is 441. The summed E-state index contributed by atoms with van der Waals surface area (Å²) >= 11 is 0. The average Bonchev–Trinajstić information content (AvgIpc) is 2.61. The van der Waals surface area contributed by atoms with Crippen molar-refractivity contribution in [3.8, 4) is 5.75 Å². The van der Waals surface area contributed by atoms with Crippen molar-refractivity contribution in [2.75, 3.05) is 46.9 Å². The highest BCUT2D eigenvalue weighted by atomic mass is 16.5. The van der Waals surface area contributed by atoms with Gasteiger partial charge >= 0.3 is 0 Å². The summed E-state index contributed by atoms with van der Waals surface area (Å²) in [5.74, 6) is 0.985. The largest absolute Gasteiger partial charge is 0.494 e. The molecule has 1 heterocycles. The van der Waals surface area contributed by atoms with Crippen molar-refractivity contribution < 1.29 is 4.74 Å². The minimum Gasteiger partial charge on any atom is -0.494 e. The van der Waals surface area contributed by atoms with Crippen LogP contribution in [0.1, 0.15) is 38.2 Å². The van der Waals surface area contributed by atoms with Crippen LogP contribution in [0.25, 0.3) is 0 Å². The van der Waals surface area contributed by atoms with E-state index in [4.69, 9.17) is 4.74 Å². The number of nitrogens with zero attached hydrogens (tertiary/aromatic N) is 2. The average molecular weight is 334 g/mol. The molecule has 0 bridgehead atoms. The van der Waals surface area contributed by atoms with Crippen LogP contribution in [0.4, 0.5) is 0 Å². The molecule has 0 amide bonds. The molecule has 1 aliphatic rings. The standard InChI is InChI=1S/C20H35N3O/c1-4-23(20-8-5-6-14-21-20)16-13-18-9-11-19(12-10-18)24-17-7-15-22(2)3/h9-12,20-21H,4-8,13-17H2,1-3H3. The molecule has 0 aliphatic carbocycles. The van der Waals surface area contributed by atoms with E-state index in [2.05, 4.69) is 60.4 Å². The number of likely N-dealkylation sites (N-methyl/N-ethyl adjacent to an activating group) is 1. The van der Waals surface area contributed by atoms with Gasteiger partial charge in [-0.05, 0) is 77.0 Å². The molecule has 0 radical (unpaired) electrons. The summed E-state index contributed by atoms with van der Waals surface area (Å²) in [6, 6.07) is 8.65. The summed E-state index contributed by atoms with van der Waals surface area (Å²) in [4.78, 5) is 4.76. The highest BCUT2D eigenvalue weighted by molar-refractivity contribution is 5.27. The number of rotatable bonds is 10. The van der Waals surface area contributed by atoms with Gasteiger partial charge in [-0.1, -0.05) is 19.1 Å². The second-order valence-corrected chi connectivity index (χ2v) is 6.99. The Morgan fingerprint density at radius 1 is 1.12 bits per heavy atom. The number of hydrogen-bond acceptors (Lipinski definition) is 4. The Hall–Kier alpha value is -1.10. The maximum absolute atomic E-state index is 5.81. The summed E-state index contributed by atoms with van der Waals surface area (Å²) in [7, 11) is 4.19. The van der Waals surface area contributed by atoms with E-state index in [-0.39, 0.29) is 0 Å². The third kappa shape index (κ3) is 6.80. The molecule has 1 unspecified atom stereocenters. The SMILES string of the molecule is CCN(CCc1ccc(OCCCN(C)C)cc1)C1CCCCN1. The third-order valence-electron chi connectivity index (χ3n) is 4.76. The Morgan fingerprint density at radius 3 is 2.54 bits per heavy atom. The molecule has 2 rings (SSSR count). The molecule has 136 valence electrons. The van der Waals surface area contributed by atoms with E-state index in [1.165, 1.54) is 31.4 Å². The molecule has 0 spiro atoms. The Kier molecular flexibility index (Phi) is 8.57. The molecule has 0 aromatic heterocycles. The van der Waals surface area contributed by atoms with Crippen molar-refractivity contribution >= 4 is 0 Å². The summed E-state index contributed by atoms with van der Waals surface area (Å²) < 4.78 is 5.81. The molecule has 1 fully saturated rings. The number of ether oxygens (including phenoxy) is 1. The fraction of sp³-hybridized carbons (Fsp3) is 0.700. The first kappa shape index (κ1) is 19.2. The highest BCUT2D eigenvalue weighted by Gasteiger charge is 2.18. The monoisotopic (exact) mass is 333 g/mol. The van der Waals surface area contributed by atoms with Gasteiger partial charge in [0.05, 0.1) is 12.8 Å². The number of hydrogen-bond donors (Lipinski definition) is 1. The van der Waals surface area contributed by atoms with Crippen molar-refractivity contribution in [2.45, 2.75) is 45.2 Å². The first-order chi connectivity index (χ1) is 11.7. The van der Waals surface area contributed by atoms with E-state index in [1.807, 2.05) is 0 Å². The molecule has 1 aromatic carbocycles. The maximum atomic E-state index is 5.81. The van der Waals surface area contributed by atoms with E-state index in [1.54, 1.807) is 0 Å². The van der Waals surface area contributed by atoms with E-state index in [0.717, 1.165) is 44.8 Å². The quantitative estimate of drug-likeness (QED) is 0.666. The van der Waals surface area contributed by atoms with Gasteiger partial charge in [0.15, 0.2) is 0 Å². The van der Waals surface area contributed by atoms with E-state index in [9.17, 15) is 0 Å². The molecule has 4 heteroatoms. The van der Waals surface area contributed by atoms with Gasteiger partial charge in [0.2, 0.25) is 0 Å². The highest BCUT2D eigenvalue weighted by Crippen LogP contribution is 2.15. The Labute approximate surface area is 148 Å². The van der Waals surface area contributed by atoms with Gasteiger partial charge in [0.25, 0.3) is 0 Å². The number of piperidine rings is 1. The first-order valence-corrected chi connectivity index (χ1v) is 9.53. The summed E-state index contributed by atoms with van der Waals surface area (Å²) in [5, 5.41) is 3.65. The van der Waals surface area contributed by atoms with E-state index < -0.39 is 0 Å². The molecule has 24 heavy (non-hydrogen) atoms. The molecule has 1 N–H and O–H groups in total. The number of benzene rings is 1. The van der Waals surface area contributed by atoms with Crippen molar-refractivity contribution in [1.29, 1.82) is 0 Å². The smallest absolute Gasteiger partial charge is 0.119 e. The fourth-order valence-electron chi connectivity index (χ4n) is 3.28. The summed E-state index contributed by atoms with van der Waals surface area (Å²) in [6.07, 6.45) is 6.70. The van der Waals surface area contributed by atoms with Gasteiger partial charge in [0, 0.05) is 13.1 Å². The zero-order valence-electron chi connectivity index (χ0n) is 15.8. The predicted molar refractivity (Wildman–Crippen MR) is 102 cm³/mol. The molecular weight excluding hydrogens is 298 g/mol. The second kappa shape index (κ2) is 10.7. The van der Waals surface area contributed by atoms with Gasteiger partial charge in [-0.2, -0.15) is 0 Å². The fourth-order valence-corrected chi connectivity index (χ4v) is 3.28. The van der Waals surface area contributed by atoms with Gasteiger partial charge in [0.1, 0.15) is 5.75 Å².